The van der Waals surface area contributed by atoms with E-state index in [1.165, 1.54) is 6.26 Å². The molecule has 9 heteroatoms. The summed E-state index contributed by atoms with van der Waals surface area (Å²) in [5.41, 5.74) is 2.54. The van der Waals surface area contributed by atoms with E-state index in [-0.39, 0.29) is 6.03 Å². The lowest BCUT2D eigenvalue weighted by Crippen LogP contribution is -2.43. The minimum absolute atomic E-state index is 0.0611. The van der Waals surface area contributed by atoms with Gasteiger partial charge in [-0.15, -0.1) is 0 Å². The van der Waals surface area contributed by atoms with Crippen LogP contribution in [0.1, 0.15) is 23.8 Å². The van der Waals surface area contributed by atoms with Crippen LogP contribution in [-0.4, -0.2) is 67.7 Å². The van der Waals surface area contributed by atoms with E-state index < -0.39 is 9.84 Å². The van der Waals surface area contributed by atoms with E-state index >= 15 is 0 Å². The number of hydrogen-bond donors (Lipinski definition) is 0. The molecular weight excluding hydrogens is 420 g/mol. The van der Waals surface area contributed by atoms with Gasteiger partial charge in [0.15, 0.2) is 9.84 Å². The number of hydrogen-bond acceptors (Lipinski definition) is 6. The predicted molar refractivity (Wildman–Crippen MR) is 119 cm³/mol. The zero-order valence-electron chi connectivity index (χ0n) is 17.2. The second kappa shape index (κ2) is 7.96. The predicted octanol–water partition coefficient (Wildman–Crippen LogP) is 3.62. The average Bonchev–Trinajstić information content (AvgIpc) is 3.16. The first kappa shape index (κ1) is 20.7. The third kappa shape index (κ3) is 4.17. The number of amides is 2. The van der Waals surface area contributed by atoms with Crippen molar-refractivity contribution < 1.29 is 13.2 Å². The summed E-state index contributed by atoms with van der Waals surface area (Å²) in [7, 11) is 0.340. The van der Waals surface area contributed by atoms with Crippen LogP contribution in [0.3, 0.4) is 0 Å². The fourth-order valence-corrected chi connectivity index (χ4v) is 5.38. The number of nitrogens with zero attached hydrogens (tertiary/aromatic N) is 4. The highest BCUT2D eigenvalue weighted by Crippen LogP contribution is 2.34. The Hall–Kier alpha value is -2.52. The van der Waals surface area contributed by atoms with Crippen molar-refractivity contribution in [3.8, 4) is 11.3 Å². The summed E-state index contributed by atoms with van der Waals surface area (Å²) in [6.45, 7) is 1.48. The van der Waals surface area contributed by atoms with E-state index in [0.717, 1.165) is 52.5 Å². The van der Waals surface area contributed by atoms with Gasteiger partial charge in [-0.2, -0.15) is 0 Å². The normalized spacial score (nSPS) is 15.5. The summed E-state index contributed by atoms with van der Waals surface area (Å²) < 4.78 is 23.3. The maximum Gasteiger partial charge on any atom is 0.319 e. The van der Waals surface area contributed by atoms with Crippen molar-refractivity contribution in [3.63, 3.8) is 0 Å². The van der Waals surface area contributed by atoms with Gasteiger partial charge < -0.3 is 9.80 Å². The quantitative estimate of drug-likeness (QED) is 0.616. The molecule has 0 aliphatic carbocycles. The molecule has 0 bridgehead atoms. The number of sulfone groups is 1. The maximum absolute atomic E-state index is 12.1. The second-order valence-electron chi connectivity index (χ2n) is 7.81. The standard InChI is InChI=1S/C21H24N4O3S2/c1-24(2)21(26)25-12-10-15(11-13-25)19-23-18-9-8-17(22-20(18)29-19)14-4-6-16(7-5-14)30(3,27)28/h4-9,15H,10-13H2,1-3H3. The van der Waals surface area contributed by atoms with Crippen molar-refractivity contribution in [3.05, 3.63) is 41.4 Å². The first-order chi connectivity index (χ1) is 14.2. The topological polar surface area (TPSA) is 83.5 Å². The van der Waals surface area contributed by atoms with Crippen molar-refractivity contribution >= 4 is 37.6 Å². The highest BCUT2D eigenvalue weighted by atomic mass is 32.2. The zero-order valence-corrected chi connectivity index (χ0v) is 18.8. The Morgan fingerprint density at radius 1 is 1.07 bits per heavy atom. The Morgan fingerprint density at radius 2 is 1.73 bits per heavy atom. The minimum atomic E-state index is -3.22. The average molecular weight is 445 g/mol. The molecule has 2 amide bonds. The summed E-state index contributed by atoms with van der Waals surface area (Å²) in [6, 6.07) is 10.7. The monoisotopic (exact) mass is 444 g/mol. The van der Waals surface area contributed by atoms with E-state index in [9.17, 15) is 13.2 Å². The van der Waals surface area contributed by atoms with Gasteiger partial charge in [0.2, 0.25) is 0 Å². The lowest BCUT2D eigenvalue weighted by Gasteiger charge is -2.32. The number of thiazole rings is 1. The molecular formula is C21H24N4O3S2. The van der Waals surface area contributed by atoms with E-state index in [2.05, 4.69) is 0 Å². The SMILES string of the molecule is CN(C)C(=O)N1CCC(c2nc3ccc(-c4ccc(S(C)(=O)=O)cc4)nc3s2)CC1. The number of piperidine rings is 1. The van der Waals surface area contributed by atoms with Crippen LogP contribution >= 0.6 is 11.3 Å². The van der Waals surface area contributed by atoms with E-state index in [4.69, 9.17) is 9.97 Å². The van der Waals surface area contributed by atoms with Gasteiger partial charge in [0.05, 0.1) is 15.6 Å². The van der Waals surface area contributed by atoms with Gasteiger partial charge in [-0.05, 0) is 37.1 Å². The first-order valence-corrected chi connectivity index (χ1v) is 12.5. The van der Waals surface area contributed by atoms with Crippen molar-refractivity contribution in [2.24, 2.45) is 0 Å². The number of benzene rings is 1. The molecule has 4 rings (SSSR count). The number of carbonyl (C=O) groups excluding carboxylic acids is 1. The lowest BCUT2D eigenvalue weighted by atomic mass is 9.98. The minimum Gasteiger partial charge on any atom is -0.331 e. The zero-order chi connectivity index (χ0) is 21.5. The summed E-state index contributed by atoms with van der Waals surface area (Å²) in [6.07, 6.45) is 3.00. The smallest absolute Gasteiger partial charge is 0.319 e. The van der Waals surface area contributed by atoms with Crippen molar-refractivity contribution in [2.75, 3.05) is 33.4 Å². The van der Waals surface area contributed by atoms with Crippen LogP contribution in [0.5, 0.6) is 0 Å². The van der Waals surface area contributed by atoms with Gasteiger partial charge in [0.25, 0.3) is 0 Å². The second-order valence-corrected chi connectivity index (χ2v) is 10.8. The van der Waals surface area contributed by atoms with E-state index in [1.54, 1.807) is 54.6 Å². The molecule has 1 fully saturated rings. The third-order valence-corrected chi connectivity index (χ3v) is 7.60. The molecule has 0 atom stereocenters. The van der Waals surface area contributed by atoms with Crippen molar-refractivity contribution in [2.45, 2.75) is 23.7 Å². The molecule has 0 N–H and O–H groups in total. The fourth-order valence-electron chi connectivity index (χ4n) is 3.64. The number of fused-ring (bicyclic) bond motifs is 1. The molecule has 158 valence electrons. The molecule has 1 aromatic carbocycles. The lowest BCUT2D eigenvalue weighted by molar-refractivity contribution is 0.156. The van der Waals surface area contributed by atoms with E-state index in [1.807, 2.05) is 17.0 Å². The van der Waals surface area contributed by atoms with Crippen LogP contribution in [0.2, 0.25) is 0 Å². The van der Waals surface area contributed by atoms with Crippen LogP contribution in [0.25, 0.3) is 21.6 Å². The number of pyridine rings is 1. The first-order valence-electron chi connectivity index (χ1n) is 9.76. The highest BCUT2D eigenvalue weighted by Gasteiger charge is 2.26. The molecule has 1 aliphatic rings. The Morgan fingerprint density at radius 3 is 2.33 bits per heavy atom. The summed E-state index contributed by atoms with van der Waals surface area (Å²) in [5.74, 6) is 0.341. The van der Waals surface area contributed by atoms with Gasteiger partial charge in [-0.3, -0.25) is 0 Å². The number of carbonyl (C=O) groups is 1. The Kier molecular flexibility index (Phi) is 5.50. The van der Waals surface area contributed by atoms with Gasteiger partial charge in [0.1, 0.15) is 10.3 Å². The number of urea groups is 1. The molecule has 7 nitrogen and oxygen atoms in total. The number of aromatic nitrogens is 2. The van der Waals surface area contributed by atoms with Gasteiger partial charge in [0, 0.05) is 44.9 Å². The van der Waals surface area contributed by atoms with Crippen LogP contribution in [0, 0.1) is 0 Å². The van der Waals surface area contributed by atoms with Gasteiger partial charge >= 0.3 is 6.03 Å². The third-order valence-electron chi connectivity index (χ3n) is 5.35. The molecule has 2 aromatic heterocycles. The maximum atomic E-state index is 12.1. The Labute approximate surface area is 180 Å². The van der Waals surface area contributed by atoms with Crippen molar-refractivity contribution in [1.29, 1.82) is 0 Å². The molecule has 3 aromatic rings. The number of rotatable bonds is 3. The molecule has 1 aliphatic heterocycles. The van der Waals surface area contributed by atoms with Gasteiger partial charge in [-0.1, -0.05) is 23.5 Å². The molecule has 0 unspecified atom stereocenters. The summed E-state index contributed by atoms with van der Waals surface area (Å²) >= 11 is 1.60. The molecule has 1 saturated heterocycles. The molecule has 30 heavy (non-hydrogen) atoms. The summed E-state index contributed by atoms with van der Waals surface area (Å²) in [5, 5.41) is 1.07. The van der Waals surface area contributed by atoms with Crippen LogP contribution in [-0.2, 0) is 9.84 Å². The van der Waals surface area contributed by atoms with Crippen molar-refractivity contribution in [1.82, 2.24) is 19.8 Å². The molecule has 0 saturated carbocycles. The largest absolute Gasteiger partial charge is 0.331 e. The molecule has 0 radical (unpaired) electrons. The Balaban J connectivity index is 1.53. The van der Waals surface area contributed by atoms with E-state index in [0.29, 0.717) is 10.8 Å². The Bertz CT molecular complexity index is 1180. The van der Waals surface area contributed by atoms with Crippen LogP contribution in [0.15, 0.2) is 41.3 Å². The fraction of sp³-hybridized carbons (Fsp3) is 0.381. The summed E-state index contributed by atoms with van der Waals surface area (Å²) in [4.78, 5) is 26.3. The molecule has 0 spiro atoms. The molecule has 3 heterocycles. The number of likely N-dealkylation sites (tertiary alicyclic amines) is 1. The van der Waals surface area contributed by atoms with Crippen LogP contribution in [0.4, 0.5) is 4.79 Å². The van der Waals surface area contributed by atoms with Gasteiger partial charge in [-0.25, -0.2) is 23.2 Å². The highest BCUT2D eigenvalue weighted by molar-refractivity contribution is 7.90. The van der Waals surface area contributed by atoms with Crippen LogP contribution < -0.4 is 0 Å².